The first-order chi connectivity index (χ1) is 14.2. The second kappa shape index (κ2) is 8.97. The maximum atomic E-state index is 12.0. The Bertz CT molecular complexity index is 1020. The molecule has 1 aliphatic heterocycles. The van der Waals surface area contributed by atoms with Gasteiger partial charge in [-0.1, -0.05) is 0 Å². The second-order valence-electron chi connectivity index (χ2n) is 7.53. The Morgan fingerprint density at radius 2 is 1.93 bits per heavy atom. The average Bonchev–Trinajstić information content (AvgIpc) is 2.70. The van der Waals surface area contributed by atoms with Crippen LogP contribution in [0.25, 0.3) is 0 Å². The van der Waals surface area contributed by atoms with E-state index in [2.05, 4.69) is 15.3 Å². The Balaban J connectivity index is 1.95. The summed E-state index contributed by atoms with van der Waals surface area (Å²) >= 11 is 0. The minimum atomic E-state index is -3.28. The van der Waals surface area contributed by atoms with E-state index in [4.69, 9.17) is 4.74 Å². The lowest BCUT2D eigenvalue weighted by Gasteiger charge is -2.32. The predicted octanol–water partition coefficient (Wildman–Crippen LogP) is 2.14. The third-order valence-corrected chi connectivity index (χ3v) is 6.16. The number of hydrogen-bond acceptors (Lipinski definition) is 8. The number of carbonyl (C=O) groups is 1. The van der Waals surface area contributed by atoms with Crippen molar-refractivity contribution in [2.45, 2.75) is 30.7 Å². The molecule has 1 aromatic heterocycles. The molecule has 162 valence electrons. The molecule has 2 aromatic rings. The number of aryl methyl sites for hydroxylation is 1. The number of nitrogens with zero attached hydrogens (tertiary/aromatic N) is 4. The standard InChI is InChI=1S/C20H27N5O4S/c1-14-11-16(30(4,27)28)5-6-17(14)22-20-21-12-18(24(2)3)19(23-20)25(13-26)15-7-9-29-10-8-15/h5-6,11-13,15H,7-10H2,1-4H3,(H,21,22,23). The first-order valence-corrected chi connectivity index (χ1v) is 11.5. The van der Waals surface area contributed by atoms with Gasteiger partial charge in [-0.05, 0) is 43.5 Å². The number of anilines is 4. The Morgan fingerprint density at radius 1 is 1.23 bits per heavy atom. The van der Waals surface area contributed by atoms with Gasteiger partial charge in [0.2, 0.25) is 12.4 Å². The van der Waals surface area contributed by atoms with Crippen LogP contribution < -0.4 is 15.1 Å². The number of ether oxygens (including phenoxy) is 1. The highest BCUT2D eigenvalue weighted by Crippen LogP contribution is 2.31. The van der Waals surface area contributed by atoms with Crippen molar-refractivity contribution in [3.63, 3.8) is 0 Å². The van der Waals surface area contributed by atoms with Crippen LogP contribution in [0, 0.1) is 6.92 Å². The minimum absolute atomic E-state index is 0.00785. The number of amides is 1. The topological polar surface area (TPSA) is 105 Å². The lowest BCUT2D eigenvalue weighted by Crippen LogP contribution is -2.40. The number of benzene rings is 1. The van der Waals surface area contributed by atoms with Crippen LogP contribution in [0.15, 0.2) is 29.3 Å². The highest BCUT2D eigenvalue weighted by molar-refractivity contribution is 7.90. The van der Waals surface area contributed by atoms with Gasteiger partial charge in [0.15, 0.2) is 15.7 Å². The van der Waals surface area contributed by atoms with Gasteiger partial charge in [0, 0.05) is 45.3 Å². The van der Waals surface area contributed by atoms with E-state index in [-0.39, 0.29) is 10.9 Å². The summed E-state index contributed by atoms with van der Waals surface area (Å²) in [6.07, 6.45) is 5.13. The van der Waals surface area contributed by atoms with Crippen molar-refractivity contribution in [2.24, 2.45) is 0 Å². The summed E-state index contributed by atoms with van der Waals surface area (Å²) in [5, 5.41) is 3.14. The molecule has 0 spiro atoms. The number of carbonyl (C=O) groups excluding carboxylic acids is 1. The van der Waals surface area contributed by atoms with Gasteiger partial charge in [0.25, 0.3) is 0 Å². The molecule has 1 saturated heterocycles. The van der Waals surface area contributed by atoms with Crippen molar-refractivity contribution in [3.05, 3.63) is 30.0 Å². The summed E-state index contributed by atoms with van der Waals surface area (Å²) in [6, 6.07) is 4.84. The summed E-state index contributed by atoms with van der Waals surface area (Å²) in [7, 11) is 0.459. The van der Waals surface area contributed by atoms with Crippen LogP contribution in [0.5, 0.6) is 0 Å². The van der Waals surface area contributed by atoms with Crippen LogP contribution in [0.1, 0.15) is 18.4 Å². The largest absolute Gasteiger partial charge is 0.381 e. The fourth-order valence-electron chi connectivity index (χ4n) is 3.33. The summed E-state index contributed by atoms with van der Waals surface area (Å²) in [6.45, 7) is 3.02. The van der Waals surface area contributed by atoms with Crippen molar-refractivity contribution in [2.75, 3.05) is 48.7 Å². The predicted molar refractivity (Wildman–Crippen MR) is 116 cm³/mol. The van der Waals surface area contributed by atoms with Gasteiger partial charge < -0.3 is 15.0 Å². The molecule has 0 bridgehead atoms. The molecule has 0 aliphatic carbocycles. The van der Waals surface area contributed by atoms with E-state index in [0.29, 0.717) is 30.7 Å². The van der Waals surface area contributed by atoms with Gasteiger partial charge in [-0.25, -0.2) is 13.4 Å². The van der Waals surface area contributed by atoms with Crippen LogP contribution in [0.2, 0.25) is 0 Å². The third-order valence-electron chi connectivity index (χ3n) is 5.05. The summed E-state index contributed by atoms with van der Waals surface area (Å²) in [5.74, 6) is 0.842. The Labute approximate surface area is 177 Å². The van der Waals surface area contributed by atoms with Crippen LogP contribution in [0.3, 0.4) is 0 Å². The van der Waals surface area contributed by atoms with Gasteiger partial charge in [-0.3, -0.25) is 9.69 Å². The van der Waals surface area contributed by atoms with Gasteiger partial charge in [0.1, 0.15) is 0 Å². The van der Waals surface area contributed by atoms with Crippen molar-refractivity contribution in [3.8, 4) is 0 Å². The molecule has 0 saturated carbocycles. The van der Waals surface area contributed by atoms with E-state index in [9.17, 15) is 13.2 Å². The van der Waals surface area contributed by atoms with Crippen molar-refractivity contribution in [1.82, 2.24) is 9.97 Å². The monoisotopic (exact) mass is 433 g/mol. The SMILES string of the molecule is Cc1cc(S(C)(=O)=O)ccc1Nc1ncc(N(C)C)c(N(C=O)C2CCOCC2)n1. The first-order valence-electron chi connectivity index (χ1n) is 9.64. The lowest BCUT2D eigenvalue weighted by molar-refractivity contribution is -0.108. The second-order valence-corrected chi connectivity index (χ2v) is 9.54. The zero-order chi connectivity index (χ0) is 21.9. The molecule has 1 amide bonds. The molecule has 0 unspecified atom stereocenters. The maximum Gasteiger partial charge on any atom is 0.229 e. The quantitative estimate of drug-likeness (QED) is 0.662. The Hall–Kier alpha value is -2.72. The number of hydrogen-bond donors (Lipinski definition) is 1. The highest BCUT2D eigenvalue weighted by atomic mass is 32.2. The molecule has 1 N–H and O–H groups in total. The molecule has 9 nitrogen and oxygen atoms in total. The van der Waals surface area contributed by atoms with Gasteiger partial charge in [-0.15, -0.1) is 0 Å². The molecule has 3 rings (SSSR count). The molecular weight excluding hydrogens is 406 g/mol. The number of aromatic nitrogens is 2. The smallest absolute Gasteiger partial charge is 0.229 e. The zero-order valence-corrected chi connectivity index (χ0v) is 18.4. The zero-order valence-electron chi connectivity index (χ0n) is 17.6. The highest BCUT2D eigenvalue weighted by Gasteiger charge is 2.26. The van der Waals surface area contributed by atoms with Crippen LogP contribution >= 0.6 is 0 Å². The van der Waals surface area contributed by atoms with E-state index >= 15 is 0 Å². The fourth-order valence-corrected chi connectivity index (χ4v) is 4.04. The maximum absolute atomic E-state index is 12.0. The summed E-state index contributed by atoms with van der Waals surface area (Å²) in [4.78, 5) is 24.7. The summed E-state index contributed by atoms with van der Waals surface area (Å²) in [5.41, 5.74) is 2.16. The van der Waals surface area contributed by atoms with Crippen LogP contribution in [0.4, 0.5) is 23.1 Å². The molecule has 30 heavy (non-hydrogen) atoms. The molecule has 0 atom stereocenters. The number of nitrogens with one attached hydrogen (secondary N) is 1. The van der Waals surface area contributed by atoms with Crippen molar-refractivity contribution < 1.29 is 17.9 Å². The first kappa shape index (κ1) is 22.0. The molecule has 1 aliphatic rings. The Kier molecular flexibility index (Phi) is 6.57. The number of rotatable bonds is 7. The van der Waals surface area contributed by atoms with Gasteiger partial charge >= 0.3 is 0 Å². The molecule has 1 aromatic carbocycles. The number of sulfone groups is 1. The van der Waals surface area contributed by atoms with E-state index in [1.807, 2.05) is 25.9 Å². The minimum Gasteiger partial charge on any atom is -0.381 e. The Morgan fingerprint density at radius 3 is 2.50 bits per heavy atom. The molecule has 10 heteroatoms. The average molecular weight is 434 g/mol. The summed E-state index contributed by atoms with van der Waals surface area (Å²) < 4.78 is 28.9. The van der Waals surface area contributed by atoms with Gasteiger partial charge in [0.05, 0.1) is 16.8 Å². The van der Waals surface area contributed by atoms with Crippen molar-refractivity contribution in [1.29, 1.82) is 0 Å². The van der Waals surface area contributed by atoms with E-state index in [0.717, 1.165) is 30.5 Å². The molecule has 1 fully saturated rings. The third kappa shape index (κ3) is 4.88. The van der Waals surface area contributed by atoms with E-state index in [1.165, 1.54) is 6.26 Å². The lowest BCUT2D eigenvalue weighted by atomic mass is 10.1. The fraction of sp³-hybridized carbons (Fsp3) is 0.450. The molecular formula is C20H27N5O4S. The van der Waals surface area contributed by atoms with Gasteiger partial charge in [-0.2, -0.15) is 4.98 Å². The van der Waals surface area contributed by atoms with E-state index in [1.54, 1.807) is 29.3 Å². The van der Waals surface area contributed by atoms with E-state index < -0.39 is 9.84 Å². The normalized spacial score (nSPS) is 14.9. The molecule has 0 radical (unpaired) electrons. The van der Waals surface area contributed by atoms with Crippen LogP contribution in [-0.4, -0.2) is 64.4 Å². The van der Waals surface area contributed by atoms with Crippen LogP contribution in [-0.2, 0) is 19.4 Å². The van der Waals surface area contributed by atoms with Crippen molar-refractivity contribution >= 4 is 39.4 Å². The molecule has 2 heterocycles.